The minimum atomic E-state index is 1.14. The molecule has 0 radical (unpaired) electrons. The quantitative estimate of drug-likeness (QED) is 0.563. The maximum Gasteiger partial charge on any atom is -0.00427 e. The van der Waals surface area contributed by atoms with Crippen molar-refractivity contribution in [2.45, 2.75) is 20.8 Å². The fourth-order valence-corrected chi connectivity index (χ4v) is 0.926. The van der Waals surface area contributed by atoms with Crippen molar-refractivity contribution < 1.29 is 0 Å². The molecule has 66 valence electrons. The second kappa shape index (κ2) is 4.52. The second-order valence-corrected chi connectivity index (χ2v) is 3.32. The number of benzene rings is 1. The van der Waals surface area contributed by atoms with E-state index in [0.717, 1.165) is 5.57 Å². The second-order valence-electron chi connectivity index (χ2n) is 3.32. The Bertz CT molecular complexity index is 363. The third kappa shape index (κ3) is 3.62. The number of hydrogen-bond donors (Lipinski definition) is 0. The van der Waals surface area contributed by atoms with E-state index < -0.39 is 0 Å². The molecule has 0 heteroatoms. The molecule has 0 saturated heterocycles. The van der Waals surface area contributed by atoms with Crippen molar-refractivity contribution in [3.05, 3.63) is 52.4 Å². The van der Waals surface area contributed by atoms with Gasteiger partial charge in [-0.1, -0.05) is 41.3 Å². The van der Waals surface area contributed by atoms with Gasteiger partial charge in [0.2, 0.25) is 0 Å². The van der Waals surface area contributed by atoms with Crippen LogP contribution in [0.25, 0.3) is 6.08 Å². The number of allylic oxidation sites excluding steroid dienone is 1. The van der Waals surface area contributed by atoms with E-state index in [1.807, 2.05) is 19.9 Å². The van der Waals surface area contributed by atoms with Crippen molar-refractivity contribution in [2.24, 2.45) is 0 Å². The number of hydrogen-bond acceptors (Lipinski definition) is 0. The molecule has 0 aliphatic carbocycles. The lowest BCUT2D eigenvalue weighted by Gasteiger charge is -1.91. The average Bonchev–Trinajstić information content (AvgIpc) is 2.08. The van der Waals surface area contributed by atoms with Crippen LogP contribution in [0, 0.1) is 6.92 Å². The van der Waals surface area contributed by atoms with E-state index in [4.69, 9.17) is 0 Å². The van der Waals surface area contributed by atoms with Gasteiger partial charge < -0.3 is 0 Å². The van der Waals surface area contributed by atoms with Crippen molar-refractivity contribution in [2.75, 3.05) is 0 Å². The van der Waals surface area contributed by atoms with Gasteiger partial charge in [-0.15, -0.1) is 0 Å². The van der Waals surface area contributed by atoms with Crippen LogP contribution in [0.5, 0.6) is 0 Å². The Morgan fingerprint density at radius 1 is 1.15 bits per heavy atom. The van der Waals surface area contributed by atoms with Gasteiger partial charge in [0.1, 0.15) is 0 Å². The van der Waals surface area contributed by atoms with Crippen molar-refractivity contribution in [3.8, 4) is 0 Å². The molecule has 1 aromatic rings. The summed E-state index contributed by atoms with van der Waals surface area (Å²) in [6.45, 7) is 6.10. The first-order valence-electron chi connectivity index (χ1n) is 4.40. The van der Waals surface area contributed by atoms with E-state index in [1.54, 1.807) is 0 Å². The maximum absolute atomic E-state index is 3.02. The third-order valence-corrected chi connectivity index (χ3v) is 1.64. The van der Waals surface area contributed by atoms with E-state index in [2.05, 4.69) is 42.7 Å². The van der Waals surface area contributed by atoms with Gasteiger partial charge in [-0.05, 0) is 38.0 Å². The van der Waals surface area contributed by atoms with Gasteiger partial charge in [-0.3, -0.25) is 0 Å². The first-order chi connectivity index (χ1) is 6.18. The summed E-state index contributed by atoms with van der Waals surface area (Å²) < 4.78 is 0. The number of aryl methyl sites for hydroxylation is 1. The molecule has 0 unspecified atom stereocenters. The van der Waals surface area contributed by atoms with Gasteiger partial charge in [0, 0.05) is 0 Å². The fraction of sp³-hybridized carbons (Fsp3) is 0.231. The van der Waals surface area contributed by atoms with Gasteiger partial charge in [-0.25, -0.2) is 0 Å². The first kappa shape index (κ1) is 9.61. The molecule has 0 bridgehead atoms. The molecule has 0 aromatic heterocycles. The van der Waals surface area contributed by atoms with E-state index >= 15 is 0 Å². The lowest BCUT2D eigenvalue weighted by Crippen LogP contribution is -1.71. The van der Waals surface area contributed by atoms with Crippen LogP contribution < -0.4 is 0 Å². The topological polar surface area (TPSA) is 0 Å². The molecule has 0 atom stereocenters. The molecule has 1 aromatic carbocycles. The highest BCUT2D eigenvalue weighted by Gasteiger charge is 1.83. The summed E-state index contributed by atoms with van der Waals surface area (Å²) in [6, 6.07) is 8.34. The van der Waals surface area contributed by atoms with Crippen LogP contribution in [0.2, 0.25) is 0 Å². The summed E-state index contributed by atoms with van der Waals surface area (Å²) in [6.07, 6.45) is 1.94. The zero-order valence-electron chi connectivity index (χ0n) is 8.39. The van der Waals surface area contributed by atoms with E-state index in [0.29, 0.717) is 0 Å². The van der Waals surface area contributed by atoms with Gasteiger partial charge in [-0.2, -0.15) is 0 Å². The molecule has 0 aliphatic heterocycles. The first-order valence-corrected chi connectivity index (χ1v) is 4.40. The van der Waals surface area contributed by atoms with Gasteiger partial charge in [0.05, 0.1) is 0 Å². The standard InChI is InChI=1S/C13H14/c1-11(2)5-4-6-13-9-7-12(3)8-10-13/h6-10H,1-3H3. The van der Waals surface area contributed by atoms with E-state index in [-0.39, 0.29) is 0 Å². The van der Waals surface area contributed by atoms with Crippen molar-refractivity contribution >= 4 is 6.08 Å². The van der Waals surface area contributed by atoms with E-state index in [9.17, 15) is 0 Å². The van der Waals surface area contributed by atoms with Crippen LogP contribution in [0.3, 0.4) is 0 Å². The highest BCUT2D eigenvalue weighted by molar-refractivity contribution is 5.48. The van der Waals surface area contributed by atoms with Gasteiger partial charge in [0.25, 0.3) is 0 Å². The summed E-state index contributed by atoms with van der Waals surface area (Å²) in [5.74, 6) is 0. The molecule has 0 nitrogen and oxygen atoms in total. The van der Waals surface area contributed by atoms with Crippen LogP contribution in [0.1, 0.15) is 25.0 Å². The van der Waals surface area contributed by atoms with Gasteiger partial charge >= 0.3 is 0 Å². The molecule has 1 rings (SSSR count). The largest absolute Gasteiger partial charge is 0.0717 e. The summed E-state index contributed by atoms with van der Waals surface area (Å²) in [7, 11) is 0. The Morgan fingerprint density at radius 3 is 2.31 bits per heavy atom. The van der Waals surface area contributed by atoms with Crippen molar-refractivity contribution in [1.29, 1.82) is 0 Å². The molecule has 0 N–H and O–H groups in total. The molecule has 13 heavy (non-hydrogen) atoms. The minimum Gasteiger partial charge on any atom is -0.0717 e. The predicted octanol–water partition coefficient (Wildman–Crippen LogP) is 3.73. The summed E-state index contributed by atoms with van der Waals surface area (Å²) in [5.41, 5.74) is 9.62. The lowest BCUT2D eigenvalue weighted by atomic mass is 10.1. The number of rotatable bonds is 1. The van der Waals surface area contributed by atoms with Gasteiger partial charge in [0.15, 0.2) is 0 Å². The zero-order valence-corrected chi connectivity index (χ0v) is 8.39. The molecule has 0 saturated carbocycles. The third-order valence-electron chi connectivity index (χ3n) is 1.64. The normalized spacial score (nSPS) is 8.54. The Balaban J connectivity index is 2.94. The predicted molar refractivity (Wildman–Crippen MR) is 57.5 cm³/mol. The Morgan fingerprint density at radius 2 is 1.77 bits per heavy atom. The highest BCUT2D eigenvalue weighted by atomic mass is 13.9. The van der Waals surface area contributed by atoms with Crippen LogP contribution in [-0.2, 0) is 0 Å². The Hall–Kier alpha value is -1.48. The Kier molecular flexibility index (Phi) is 3.34. The fourth-order valence-electron chi connectivity index (χ4n) is 0.926. The smallest absolute Gasteiger partial charge is 0.00427 e. The lowest BCUT2D eigenvalue weighted by molar-refractivity contribution is 1.41. The van der Waals surface area contributed by atoms with Crippen molar-refractivity contribution in [3.63, 3.8) is 0 Å². The summed E-state index contributed by atoms with van der Waals surface area (Å²) in [4.78, 5) is 0. The van der Waals surface area contributed by atoms with Crippen LogP contribution >= 0.6 is 0 Å². The van der Waals surface area contributed by atoms with E-state index in [1.165, 1.54) is 11.1 Å². The summed E-state index contributed by atoms with van der Waals surface area (Å²) >= 11 is 0. The molecule has 0 fully saturated rings. The molecule has 0 spiro atoms. The maximum atomic E-state index is 3.02. The average molecular weight is 170 g/mol. The Labute approximate surface area is 79.9 Å². The molecule has 0 amide bonds. The highest BCUT2D eigenvalue weighted by Crippen LogP contribution is 2.03. The monoisotopic (exact) mass is 170 g/mol. The van der Waals surface area contributed by atoms with Crippen LogP contribution in [-0.4, -0.2) is 0 Å². The van der Waals surface area contributed by atoms with Crippen LogP contribution in [0.4, 0.5) is 0 Å². The van der Waals surface area contributed by atoms with Crippen LogP contribution in [0.15, 0.2) is 41.3 Å². The van der Waals surface area contributed by atoms with Crippen molar-refractivity contribution in [1.82, 2.24) is 0 Å². The minimum absolute atomic E-state index is 1.14. The summed E-state index contributed by atoms with van der Waals surface area (Å²) in [5, 5.41) is 0. The SMILES string of the molecule is CC(C)=C=C=Cc1ccc(C)cc1. The zero-order chi connectivity index (χ0) is 9.68. The molecular weight excluding hydrogens is 156 g/mol. The molecule has 0 heterocycles. The molecule has 0 aliphatic rings. The molecular formula is C13H14.